The molecule has 2 heteroatoms. The van der Waals surface area contributed by atoms with Crippen molar-refractivity contribution in [1.29, 1.82) is 0 Å². The lowest BCUT2D eigenvalue weighted by Crippen LogP contribution is -2.18. The van der Waals surface area contributed by atoms with Gasteiger partial charge < -0.3 is 4.74 Å². The smallest absolute Gasteiger partial charge is 0.337 e. The second-order valence-electron chi connectivity index (χ2n) is 11.2. The molecule has 2 aromatic rings. The highest BCUT2D eigenvalue weighted by molar-refractivity contribution is 5.90. The molecule has 2 nitrogen and oxygen atoms in total. The van der Waals surface area contributed by atoms with Gasteiger partial charge in [0.25, 0.3) is 0 Å². The topological polar surface area (TPSA) is 26.3 Å². The quantitative estimate of drug-likeness (QED) is 0.301. The number of carbonyl (C=O) groups is 1. The van der Waals surface area contributed by atoms with Gasteiger partial charge in [0.05, 0.1) is 12.7 Å². The summed E-state index contributed by atoms with van der Waals surface area (Å²) in [4.78, 5) is 11.8. The van der Waals surface area contributed by atoms with E-state index >= 15 is 0 Å². The van der Waals surface area contributed by atoms with E-state index in [9.17, 15) is 4.79 Å². The molecular formula is C31H42O2. The Kier molecular flexibility index (Phi) is 7.56. The molecule has 0 amide bonds. The van der Waals surface area contributed by atoms with Crippen LogP contribution in [0.1, 0.15) is 112 Å². The first kappa shape index (κ1) is 25.3. The van der Waals surface area contributed by atoms with Crippen molar-refractivity contribution in [3.05, 3.63) is 69.8 Å². The SMILES string of the molecule is CCC(CC)CCc1cc2c(cc1C(C)=Cc1ccc(C(=O)OC)cc1)C(C)(C)CC2(C)C. The summed E-state index contributed by atoms with van der Waals surface area (Å²) in [6, 6.07) is 12.7. The maximum absolute atomic E-state index is 11.8. The number of fused-ring (bicyclic) bond motifs is 1. The average molecular weight is 447 g/mol. The van der Waals surface area contributed by atoms with Crippen LogP contribution in [0.4, 0.5) is 0 Å². The Balaban J connectivity index is 2.04. The van der Waals surface area contributed by atoms with Crippen molar-refractivity contribution in [2.24, 2.45) is 5.92 Å². The number of ether oxygens (including phenoxy) is 1. The van der Waals surface area contributed by atoms with Crippen LogP contribution in [0.5, 0.6) is 0 Å². The van der Waals surface area contributed by atoms with Crippen molar-refractivity contribution in [2.75, 3.05) is 7.11 Å². The molecule has 0 saturated carbocycles. The van der Waals surface area contributed by atoms with E-state index in [4.69, 9.17) is 4.74 Å². The summed E-state index contributed by atoms with van der Waals surface area (Å²) >= 11 is 0. The minimum atomic E-state index is -0.297. The molecule has 0 aliphatic heterocycles. The minimum Gasteiger partial charge on any atom is -0.465 e. The highest BCUT2D eigenvalue weighted by Crippen LogP contribution is 2.50. The summed E-state index contributed by atoms with van der Waals surface area (Å²) in [6.45, 7) is 16.4. The van der Waals surface area contributed by atoms with E-state index in [1.165, 1.54) is 60.6 Å². The van der Waals surface area contributed by atoms with Gasteiger partial charge in [-0.2, -0.15) is 0 Å². The number of hydrogen-bond acceptors (Lipinski definition) is 2. The molecule has 0 aromatic heterocycles. The lowest BCUT2D eigenvalue weighted by atomic mass is 9.82. The Morgan fingerprint density at radius 1 is 1.00 bits per heavy atom. The predicted molar refractivity (Wildman–Crippen MR) is 141 cm³/mol. The first-order chi connectivity index (χ1) is 15.5. The number of carbonyl (C=O) groups excluding carboxylic acids is 1. The maximum Gasteiger partial charge on any atom is 0.337 e. The largest absolute Gasteiger partial charge is 0.465 e. The molecule has 0 heterocycles. The fraction of sp³-hybridized carbons (Fsp3) is 0.516. The molecule has 0 N–H and O–H groups in total. The van der Waals surface area contributed by atoms with Crippen molar-refractivity contribution in [3.63, 3.8) is 0 Å². The van der Waals surface area contributed by atoms with Gasteiger partial charge in [-0.15, -0.1) is 0 Å². The lowest BCUT2D eigenvalue weighted by Gasteiger charge is -2.22. The molecule has 0 fully saturated rings. The number of rotatable bonds is 8. The minimum absolute atomic E-state index is 0.184. The molecule has 33 heavy (non-hydrogen) atoms. The van der Waals surface area contributed by atoms with Crippen molar-refractivity contribution in [2.45, 2.75) is 91.4 Å². The van der Waals surface area contributed by atoms with Crippen LogP contribution in [0.2, 0.25) is 0 Å². The third-order valence-electron chi connectivity index (χ3n) is 7.70. The van der Waals surface area contributed by atoms with Crippen LogP contribution in [0.15, 0.2) is 36.4 Å². The predicted octanol–water partition coefficient (Wildman–Crippen LogP) is 8.36. The lowest BCUT2D eigenvalue weighted by molar-refractivity contribution is 0.0600. The van der Waals surface area contributed by atoms with Gasteiger partial charge in [0, 0.05) is 0 Å². The van der Waals surface area contributed by atoms with E-state index < -0.39 is 0 Å². The fourth-order valence-electron chi connectivity index (χ4n) is 5.85. The van der Waals surface area contributed by atoms with E-state index in [1.54, 1.807) is 0 Å². The van der Waals surface area contributed by atoms with E-state index in [-0.39, 0.29) is 16.8 Å². The number of hydrogen-bond donors (Lipinski definition) is 0. The zero-order valence-electron chi connectivity index (χ0n) is 22.0. The van der Waals surface area contributed by atoms with E-state index in [0.717, 1.165) is 17.9 Å². The first-order valence-corrected chi connectivity index (χ1v) is 12.6. The monoisotopic (exact) mass is 446 g/mol. The van der Waals surface area contributed by atoms with Gasteiger partial charge in [-0.05, 0) is 88.5 Å². The molecule has 178 valence electrons. The average Bonchev–Trinajstić information content (AvgIpc) is 2.96. The highest BCUT2D eigenvalue weighted by Gasteiger charge is 2.42. The number of benzene rings is 2. The molecule has 0 saturated heterocycles. The summed E-state index contributed by atoms with van der Waals surface area (Å²) in [7, 11) is 1.42. The van der Waals surface area contributed by atoms with Crippen LogP contribution in [0.25, 0.3) is 11.6 Å². The van der Waals surface area contributed by atoms with Gasteiger partial charge in [0.15, 0.2) is 0 Å². The Morgan fingerprint density at radius 3 is 2.12 bits per heavy atom. The summed E-state index contributed by atoms with van der Waals surface area (Å²) in [5, 5.41) is 0. The Labute approximate surface area is 201 Å². The van der Waals surface area contributed by atoms with Crippen LogP contribution >= 0.6 is 0 Å². The van der Waals surface area contributed by atoms with Gasteiger partial charge in [-0.3, -0.25) is 0 Å². The first-order valence-electron chi connectivity index (χ1n) is 12.6. The van der Waals surface area contributed by atoms with Gasteiger partial charge in [0.1, 0.15) is 0 Å². The molecule has 0 radical (unpaired) electrons. The highest BCUT2D eigenvalue weighted by atomic mass is 16.5. The third-order valence-corrected chi connectivity index (χ3v) is 7.70. The summed E-state index contributed by atoms with van der Waals surface area (Å²) in [5.41, 5.74) is 9.25. The standard InChI is InChI=1S/C31H42O2/c1-9-22(10-2)11-16-25-18-27-28(31(6,7)20-30(27,4)5)19-26(25)21(3)17-23-12-14-24(15-13-23)29(32)33-8/h12-15,17-19,22H,9-11,16,20H2,1-8H3. The Hall–Kier alpha value is -2.35. The summed E-state index contributed by atoms with van der Waals surface area (Å²) in [6.07, 6.45) is 8.29. The molecule has 1 aliphatic rings. The zero-order valence-corrected chi connectivity index (χ0v) is 22.0. The molecule has 0 spiro atoms. The van der Waals surface area contributed by atoms with Crippen LogP contribution in [0, 0.1) is 5.92 Å². The fourth-order valence-corrected chi connectivity index (χ4v) is 5.85. The second kappa shape index (κ2) is 9.87. The van der Waals surface area contributed by atoms with Gasteiger partial charge in [0.2, 0.25) is 0 Å². The maximum atomic E-state index is 11.8. The van der Waals surface area contributed by atoms with Crippen molar-refractivity contribution >= 4 is 17.6 Å². The van der Waals surface area contributed by atoms with E-state index in [0.29, 0.717) is 5.56 Å². The molecule has 2 aromatic carbocycles. The number of esters is 1. The van der Waals surface area contributed by atoms with Crippen molar-refractivity contribution in [1.82, 2.24) is 0 Å². The summed E-state index contributed by atoms with van der Waals surface area (Å²) < 4.78 is 4.83. The second-order valence-corrected chi connectivity index (χ2v) is 11.2. The van der Waals surface area contributed by atoms with Crippen LogP contribution in [-0.2, 0) is 22.0 Å². The molecular weight excluding hydrogens is 404 g/mol. The normalized spacial score (nSPS) is 16.7. The molecule has 3 rings (SSSR count). The van der Waals surface area contributed by atoms with Crippen LogP contribution < -0.4 is 0 Å². The van der Waals surface area contributed by atoms with E-state index in [2.05, 4.69) is 66.7 Å². The van der Waals surface area contributed by atoms with Gasteiger partial charge in [-0.1, -0.05) is 84.7 Å². The molecule has 0 bridgehead atoms. The Morgan fingerprint density at radius 2 is 1.58 bits per heavy atom. The molecule has 1 aliphatic carbocycles. The Bertz CT molecular complexity index is 1020. The van der Waals surface area contributed by atoms with Crippen molar-refractivity contribution in [3.8, 4) is 0 Å². The van der Waals surface area contributed by atoms with Gasteiger partial charge in [-0.25, -0.2) is 4.79 Å². The summed E-state index contributed by atoms with van der Waals surface area (Å²) in [5.74, 6) is 0.486. The van der Waals surface area contributed by atoms with Gasteiger partial charge >= 0.3 is 5.97 Å². The molecule has 0 unspecified atom stereocenters. The molecule has 0 atom stereocenters. The van der Waals surface area contributed by atoms with Crippen LogP contribution in [0.3, 0.4) is 0 Å². The van der Waals surface area contributed by atoms with Crippen LogP contribution in [-0.4, -0.2) is 13.1 Å². The zero-order chi connectivity index (χ0) is 24.4. The number of aryl methyl sites for hydroxylation is 1. The number of allylic oxidation sites excluding steroid dienone is 1. The number of methoxy groups -OCH3 is 1. The van der Waals surface area contributed by atoms with Crippen molar-refractivity contribution < 1.29 is 9.53 Å². The van der Waals surface area contributed by atoms with E-state index in [1.807, 2.05) is 24.3 Å². The third kappa shape index (κ3) is 5.42.